The van der Waals surface area contributed by atoms with Crippen molar-refractivity contribution in [3.05, 3.63) is 47.0 Å². The SMILES string of the molecule is O=C(CN1C(=O)C2CC=CCC2C1=O)Nc1nnc(SCc2ccc(Cl)cc2)s1. The predicted octanol–water partition coefficient (Wildman–Crippen LogP) is 3.37. The Balaban J connectivity index is 1.31. The Kier molecular flexibility index (Phi) is 5.98. The van der Waals surface area contributed by atoms with Gasteiger partial charge in [0.25, 0.3) is 0 Å². The van der Waals surface area contributed by atoms with Gasteiger partial charge in [-0.3, -0.25) is 24.6 Å². The van der Waals surface area contributed by atoms with Gasteiger partial charge < -0.3 is 0 Å². The van der Waals surface area contributed by atoms with Crippen LogP contribution < -0.4 is 5.32 Å². The van der Waals surface area contributed by atoms with Gasteiger partial charge in [0, 0.05) is 10.8 Å². The second kappa shape index (κ2) is 8.64. The van der Waals surface area contributed by atoms with Gasteiger partial charge >= 0.3 is 0 Å². The summed E-state index contributed by atoms with van der Waals surface area (Å²) in [5.41, 5.74) is 1.10. The van der Waals surface area contributed by atoms with E-state index in [0.717, 1.165) is 10.5 Å². The highest BCUT2D eigenvalue weighted by Crippen LogP contribution is 2.35. The molecule has 0 saturated carbocycles. The number of rotatable bonds is 6. The zero-order valence-electron chi connectivity index (χ0n) is 15.2. The number of benzene rings is 1. The summed E-state index contributed by atoms with van der Waals surface area (Å²) in [6, 6.07) is 7.54. The number of thioether (sulfide) groups is 1. The van der Waals surface area contributed by atoms with Crippen molar-refractivity contribution in [3.63, 3.8) is 0 Å². The topological polar surface area (TPSA) is 92.3 Å². The molecule has 1 fully saturated rings. The molecule has 2 aliphatic rings. The molecule has 29 heavy (non-hydrogen) atoms. The molecule has 2 heterocycles. The number of nitrogens with one attached hydrogen (secondary N) is 1. The van der Waals surface area contributed by atoms with Crippen molar-refractivity contribution in [3.8, 4) is 0 Å². The molecule has 10 heteroatoms. The number of carbonyl (C=O) groups excluding carboxylic acids is 3. The second-order valence-electron chi connectivity index (χ2n) is 6.75. The van der Waals surface area contributed by atoms with Gasteiger partial charge in [-0.25, -0.2) is 0 Å². The summed E-state index contributed by atoms with van der Waals surface area (Å²) in [5, 5.41) is 11.7. The zero-order chi connectivity index (χ0) is 20.4. The molecule has 0 bridgehead atoms. The first-order chi connectivity index (χ1) is 14.0. The zero-order valence-corrected chi connectivity index (χ0v) is 17.6. The molecule has 2 unspecified atom stereocenters. The van der Waals surface area contributed by atoms with Crippen LogP contribution in [0.5, 0.6) is 0 Å². The number of aromatic nitrogens is 2. The molecule has 1 aliphatic heterocycles. The van der Waals surface area contributed by atoms with E-state index >= 15 is 0 Å². The van der Waals surface area contributed by atoms with Gasteiger partial charge in [-0.1, -0.05) is 59.0 Å². The summed E-state index contributed by atoms with van der Waals surface area (Å²) >= 11 is 8.63. The molecule has 4 rings (SSSR count). The lowest BCUT2D eigenvalue weighted by Gasteiger charge is -2.14. The number of halogens is 1. The van der Waals surface area contributed by atoms with Crippen molar-refractivity contribution in [2.45, 2.75) is 22.9 Å². The van der Waals surface area contributed by atoms with Crippen LogP contribution in [-0.2, 0) is 20.1 Å². The van der Waals surface area contributed by atoms with Crippen molar-refractivity contribution < 1.29 is 14.4 Å². The van der Waals surface area contributed by atoms with E-state index in [0.29, 0.717) is 33.1 Å². The third-order valence-corrected chi connectivity index (χ3v) is 7.12. The number of imide groups is 1. The van der Waals surface area contributed by atoms with Crippen molar-refractivity contribution in [1.82, 2.24) is 15.1 Å². The number of hydrogen-bond acceptors (Lipinski definition) is 7. The normalized spacial score (nSPS) is 20.8. The van der Waals surface area contributed by atoms with Crippen LogP contribution in [0.4, 0.5) is 5.13 Å². The standard InChI is InChI=1S/C19H17ClN4O3S2/c20-12-7-5-11(6-8-12)10-28-19-23-22-18(29-19)21-15(25)9-24-16(26)13-3-1-2-4-14(13)17(24)27/h1-2,5-8,13-14H,3-4,9-10H2,(H,21,22,25). The van der Waals surface area contributed by atoms with Crippen LogP contribution in [0.15, 0.2) is 40.8 Å². The molecule has 1 aromatic heterocycles. The molecule has 1 aromatic carbocycles. The molecule has 2 aromatic rings. The van der Waals surface area contributed by atoms with Crippen molar-refractivity contribution in [1.29, 1.82) is 0 Å². The van der Waals surface area contributed by atoms with Crippen LogP contribution in [0.1, 0.15) is 18.4 Å². The van der Waals surface area contributed by atoms with E-state index in [4.69, 9.17) is 11.6 Å². The Morgan fingerprint density at radius 2 is 1.79 bits per heavy atom. The van der Waals surface area contributed by atoms with Crippen LogP contribution in [0.25, 0.3) is 0 Å². The summed E-state index contributed by atoms with van der Waals surface area (Å²) in [6.07, 6.45) is 4.94. The fraction of sp³-hybridized carbons (Fsp3) is 0.316. The maximum atomic E-state index is 12.4. The Hall–Kier alpha value is -2.23. The second-order valence-corrected chi connectivity index (χ2v) is 9.39. The Bertz CT molecular complexity index is 950. The van der Waals surface area contributed by atoms with Crippen LogP contribution in [0.3, 0.4) is 0 Å². The average Bonchev–Trinajstić information content (AvgIpc) is 3.26. The quantitative estimate of drug-likeness (QED) is 0.315. The summed E-state index contributed by atoms with van der Waals surface area (Å²) in [6.45, 7) is -0.294. The predicted molar refractivity (Wildman–Crippen MR) is 112 cm³/mol. The summed E-state index contributed by atoms with van der Waals surface area (Å²) < 4.78 is 0.709. The number of amides is 3. The van der Waals surface area contributed by atoms with Crippen LogP contribution >= 0.6 is 34.7 Å². The van der Waals surface area contributed by atoms with E-state index in [1.165, 1.54) is 23.1 Å². The lowest BCUT2D eigenvalue weighted by atomic mass is 9.85. The molecule has 3 amide bonds. The molecule has 1 saturated heterocycles. The van der Waals surface area contributed by atoms with E-state index in [2.05, 4.69) is 15.5 Å². The fourth-order valence-corrected chi connectivity index (χ4v) is 5.22. The van der Waals surface area contributed by atoms with E-state index in [1.54, 1.807) is 0 Å². The van der Waals surface area contributed by atoms with Gasteiger partial charge in [0.2, 0.25) is 22.9 Å². The largest absolute Gasteiger partial charge is 0.299 e. The Morgan fingerprint density at radius 1 is 1.14 bits per heavy atom. The molecular formula is C19H17ClN4O3S2. The lowest BCUT2D eigenvalue weighted by molar-refractivity contribution is -0.142. The number of likely N-dealkylation sites (tertiary alicyclic amines) is 1. The monoisotopic (exact) mass is 448 g/mol. The van der Waals surface area contributed by atoms with Crippen LogP contribution in [0.2, 0.25) is 5.02 Å². The molecule has 0 spiro atoms. The van der Waals surface area contributed by atoms with E-state index in [-0.39, 0.29) is 30.2 Å². The van der Waals surface area contributed by atoms with Gasteiger partial charge in [-0.05, 0) is 30.5 Å². The number of carbonyl (C=O) groups is 3. The van der Waals surface area contributed by atoms with E-state index < -0.39 is 5.91 Å². The number of anilines is 1. The van der Waals surface area contributed by atoms with Gasteiger partial charge in [-0.2, -0.15) is 0 Å². The summed E-state index contributed by atoms with van der Waals surface area (Å²) in [7, 11) is 0. The van der Waals surface area contributed by atoms with Gasteiger partial charge in [0.15, 0.2) is 4.34 Å². The smallest absolute Gasteiger partial charge is 0.246 e. The van der Waals surface area contributed by atoms with Gasteiger partial charge in [0.05, 0.1) is 11.8 Å². The first-order valence-electron chi connectivity index (χ1n) is 9.02. The molecule has 7 nitrogen and oxygen atoms in total. The Morgan fingerprint density at radius 3 is 2.45 bits per heavy atom. The number of nitrogens with zero attached hydrogens (tertiary/aromatic N) is 3. The van der Waals surface area contributed by atoms with Crippen LogP contribution in [0, 0.1) is 11.8 Å². The van der Waals surface area contributed by atoms with Gasteiger partial charge in [-0.15, -0.1) is 10.2 Å². The summed E-state index contributed by atoms with van der Waals surface area (Å²) in [4.78, 5) is 38.3. The average molecular weight is 449 g/mol. The highest BCUT2D eigenvalue weighted by atomic mass is 35.5. The first kappa shape index (κ1) is 20.1. The highest BCUT2D eigenvalue weighted by Gasteiger charge is 2.47. The molecule has 1 N–H and O–H groups in total. The van der Waals surface area contributed by atoms with E-state index in [9.17, 15) is 14.4 Å². The Labute approximate surface area is 180 Å². The van der Waals surface area contributed by atoms with Crippen LogP contribution in [-0.4, -0.2) is 39.4 Å². The minimum atomic E-state index is -0.455. The van der Waals surface area contributed by atoms with E-state index in [1.807, 2.05) is 36.4 Å². The molecular weight excluding hydrogens is 432 g/mol. The number of allylic oxidation sites excluding steroid dienone is 2. The van der Waals surface area contributed by atoms with Crippen molar-refractivity contribution in [2.24, 2.45) is 11.8 Å². The highest BCUT2D eigenvalue weighted by molar-refractivity contribution is 8.00. The van der Waals surface area contributed by atoms with Crippen molar-refractivity contribution >= 4 is 57.6 Å². The minimum absolute atomic E-state index is 0.268. The lowest BCUT2D eigenvalue weighted by Crippen LogP contribution is -2.38. The molecule has 1 aliphatic carbocycles. The first-order valence-corrected chi connectivity index (χ1v) is 11.2. The number of hydrogen-bond donors (Lipinski definition) is 1. The maximum Gasteiger partial charge on any atom is 0.246 e. The molecule has 2 atom stereocenters. The fourth-order valence-electron chi connectivity index (χ4n) is 3.37. The summed E-state index contributed by atoms with van der Waals surface area (Å²) in [5.74, 6) is -0.959. The van der Waals surface area contributed by atoms with Gasteiger partial charge in [0.1, 0.15) is 6.54 Å². The number of fused-ring (bicyclic) bond motifs is 1. The molecule has 150 valence electrons. The third kappa shape index (κ3) is 4.52. The molecule has 0 radical (unpaired) electrons. The van der Waals surface area contributed by atoms with Crippen molar-refractivity contribution in [2.75, 3.05) is 11.9 Å². The maximum absolute atomic E-state index is 12.4. The third-order valence-electron chi connectivity index (χ3n) is 4.83. The minimum Gasteiger partial charge on any atom is -0.299 e.